The van der Waals surface area contributed by atoms with E-state index in [2.05, 4.69) is 16.0 Å². The molecule has 0 saturated carbocycles. The normalized spacial score (nSPS) is 11.3. The molecule has 0 aliphatic carbocycles. The number of rotatable bonds is 6. The molecule has 0 amide bonds. The van der Waals surface area contributed by atoms with Gasteiger partial charge in [0.1, 0.15) is 18.5 Å². The Hall–Kier alpha value is -3.75. The number of nitriles is 1. The molecule has 1 aromatic heterocycles. The molecule has 6 heteroatoms. The van der Waals surface area contributed by atoms with E-state index in [1.54, 1.807) is 25.3 Å². The molecule has 0 unspecified atom stereocenters. The van der Waals surface area contributed by atoms with Gasteiger partial charge < -0.3 is 14.5 Å². The Bertz CT molecular complexity index is 1220. The van der Waals surface area contributed by atoms with Gasteiger partial charge in [-0.25, -0.2) is 4.98 Å². The van der Waals surface area contributed by atoms with Gasteiger partial charge in [0, 0.05) is 0 Å². The summed E-state index contributed by atoms with van der Waals surface area (Å²) < 4.78 is 11.4. The number of nitrogens with one attached hydrogen (secondary N) is 1. The fourth-order valence-corrected chi connectivity index (χ4v) is 3.37. The maximum atomic E-state index is 9.66. The molecule has 3 aromatic carbocycles. The summed E-state index contributed by atoms with van der Waals surface area (Å²) in [5.41, 5.74) is 3.79. The van der Waals surface area contributed by atoms with Crippen molar-refractivity contribution in [2.45, 2.75) is 6.61 Å². The van der Waals surface area contributed by atoms with Gasteiger partial charge in [-0.3, -0.25) is 0 Å². The molecule has 4 rings (SSSR count). The number of halogens is 1. The Kier molecular flexibility index (Phi) is 5.69. The maximum absolute atomic E-state index is 9.66. The largest absolute Gasteiger partial charge is 0.493 e. The van der Waals surface area contributed by atoms with Crippen molar-refractivity contribution in [1.29, 1.82) is 5.26 Å². The van der Waals surface area contributed by atoms with Gasteiger partial charge in [-0.15, -0.1) is 0 Å². The van der Waals surface area contributed by atoms with Crippen LogP contribution in [0, 0.1) is 11.3 Å². The number of allylic oxidation sites excluding steroid dienone is 1. The molecular formula is C24H18ClN3O2. The Morgan fingerprint density at radius 2 is 1.90 bits per heavy atom. The summed E-state index contributed by atoms with van der Waals surface area (Å²) in [5.74, 6) is 1.45. The van der Waals surface area contributed by atoms with E-state index in [0.717, 1.165) is 16.6 Å². The summed E-state index contributed by atoms with van der Waals surface area (Å²) in [6.07, 6.45) is 1.72. The first kappa shape index (κ1) is 19.6. The van der Waals surface area contributed by atoms with E-state index in [4.69, 9.17) is 21.1 Å². The number of hydrogen-bond donors (Lipinski definition) is 1. The monoisotopic (exact) mass is 415 g/mol. The highest BCUT2D eigenvalue weighted by Gasteiger charge is 2.14. The van der Waals surface area contributed by atoms with E-state index in [1.165, 1.54) is 0 Å². The van der Waals surface area contributed by atoms with E-state index in [9.17, 15) is 5.26 Å². The summed E-state index contributed by atoms with van der Waals surface area (Å²) >= 11 is 6.48. The van der Waals surface area contributed by atoms with Gasteiger partial charge >= 0.3 is 0 Å². The summed E-state index contributed by atoms with van der Waals surface area (Å²) in [5, 5.41) is 10.1. The zero-order valence-electron chi connectivity index (χ0n) is 16.2. The van der Waals surface area contributed by atoms with E-state index in [0.29, 0.717) is 40.1 Å². The fourth-order valence-electron chi connectivity index (χ4n) is 3.09. The molecule has 1 heterocycles. The van der Waals surface area contributed by atoms with Crippen molar-refractivity contribution in [3.05, 3.63) is 88.7 Å². The zero-order valence-corrected chi connectivity index (χ0v) is 17.0. The van der Waals surface area contributed by atoms with E-state index >= 15 is 0 Å². The summed E-state index contributed by atoms with van der Waals surface area (Å²) in [7, 11) is 1.55. The second kappa shape index (κ2) is 8.73. The highest BCUT2D eigenvalue weighted by molar-refractivity contribution is 6.32. The Labute approximate surface area is 179 Å². The third-order valence-electron chi connectivity index (χ3n) is 4.55. The molecule has 0 fully saturated rings. The molecule has 4 aromatic rings. The molecular weight excluding hydrogens is 398 g/mol. The number of methoxy groups -OCH3 is 1. The van der Waals surface area contributed by atoms with Crippen LogP contribution in [0.1, 0.15) is 17.0 Å². The number of aromatic amines is 1. The van der Waals surface area contributed by atoms with Gasteiger partial charge in [-0.05, 0) is 41.5 Å². The number of nitrogens with zero attached hydrogens (tertiary/aromatic N) is 2. The molecule has 148 valence electrons. The van der Waals surface area contributed by atoms with Crippen LogP contribution in [-0.2, 0) is 6.61 Å². The summed E-state index contributed by atoms with van der Waals surface area (Å²) in [4.78, 5) is 7.66. The van der Waals surface area contributed by atoms with Crippen LogP contribution < -0.4 is 9.47 Å². The lowest BCUT2D eigenvalue weighted by Gasteiger charge is -2.13. The van der Waals surface area contributed by atoms with Crippen LogP contribution in [-0.4, -0.2) is 17.1 Å². The van der Waals surface area contributed by atoms with Crippen molar-refractivity contribution in [2.24, 2.45) is 0 Å². The van der Waals surface area contributed by atoms with E-state index in [1.807, 2.05) is 54.6 Å². The number of hydrogen-bond acceptors (Lipinski definition) is 4. The maximum Gasteiger partial charge on any atom is 0.180 e. The van der Waals surface area contributed by atoms with Crippen molar-refractivity contribution in [1.82, 2.24) is 9.97 Å². The molecule has 0 saturated heterocycles. The lowest BCUT2D eigenvalue weighted by Crippen LogP contribution is -1.99. The first-order valence-corrected chi connectivity index (χ1v) is 9.67. The van der Waals surface area contributed by atoms with Crippen LogP contribution >= 0.6 is 11.6 Å². The number of para-hydroxylation sites is 2. The molecule has 0 aliphatic rings. The number of fused-ring (bicyclic) bond motifs is 1. The smallest absolute Gasteiger partial charge is 0.180 e. The molecule has 0 spiro atoms. The van der Waals surface area contributed by atoms with Gasteiger partial charge in [0.25, 0.3) is 0 Å². The number of ether oxygens (including phenoxy) is 2. The topological polar surface area (TPSA) is 70.9 Å². The molecule has 0 aliphatic heterocycles. The van der Waals surface area contributed by atoms with E-state index < -0.39 is 0 Å². The van der Waals surface area contributed by atoms with Crippen LogP contribution in [0.15, 0.2) is 66.7 Å². The van der Waals surface area contributed by atoms with Gasteiger partial charge in [0.05, 0.1) is 28.7 Å². The molecule has 30 heavy (non-hydrogen) atoms. The Morgan fingerprint density at radius 1 is 1.13 bits per heavy atom. The average molecular weight is 416 g/mol. The minimum absolute atomic E-state index is 0.370. The zero-order chi connectivity index (χ0) is 20.9. The standard InChI is InChI=1S/C24H18ClN3O2/c1-29-22-13-17(12-19(25)23(22)30-15-16-7-3-2-4-8-16)11-18(14-26)24-27-20-9-5-6-10-21(20)28-24/h2-13H,15H2,1H3,(H,27,28)/b18-11-. The second-order valence-electron chi connectivity index (χ2n) is 6.58. The predicted octanol–water partition coefficient (Wildman–Crippen LogP) is 5.87. The molecule has 0 radical (unpaired) electrons. The SMILES string of the molecule is COc1cc(/C=C(/C#N)c2nc3ccccc3[nH]2)cc(Cl)c1OCc1ccccc1. The first-order valence-electron chi connectivity index (χ1n) is 9.29. The number of benzene rings is 3. The highest BCUT2D eigenvalue weighted by atomic mass is 35.5. The van der Waals surface area contributed by atoms with Gasteiger partial charge in [0.15, 0.2) is 11.5 Å². The Balaban J connectivity index is 1.65. The lowest BCUT2D eigenvalue weighted by atomic mass is 10.1. The quantitative estimate of drug-likeness (QED) is 0.400. The third kappa shape index (κ3) is 4.14. The van der Waals surface area contributed by atoms with Gasteiger partial charge in [0.2, 0.25) is 0 Å². The van der Waals surface area contributed by atoms with Crippen LogP contribution in [0.25, 0.3) is 22.7 Å². The van der Waals surface area contributed by atoms with Crippen molar-refractivity contribution in [2.75, 3.05) is 7.11 Å². The Morgan fingerprint density at radius 3 is 2.63 bits per heavy atom. The van der Waals surface area contributed by atoms with Crippen LogP contribution in [0.4, 0.5) is 0 Å². The average Bonchev–Trinajstić information content (AvgIpc) is 3.21. The summed E-state index contributed by atoms with van der Waals surface area (Å²) in [6.45, 7) is 0.370. The lowest BCUT2D eigenvalue weighted by molar-refractivity contribution is 0.284. The van der Waals surface area contributed by atoms with Crippen molar-refractivity contribution in [3.63, 3.8) is 0 Å². The van der Waals surface area contributed by atoms with Crippen molar-refractivity contribution in [3.8, 4) is 17.6 Å². The van der Waals surface area contributed by atoms with Crippen LogP contribution in [0.5, 0.6) is 11.5 Å². The fraction of sp³-hybridized carbons (Fsp3) is 0.0833. The van der Waals surface area contributed by atoms with Gasteiger partial charge in [-0.1, -0.05) is 54.1 Å². The van der Waals surface area contributed by atoms with Crippen LogP contribution in [0.3, 0.4) is 0 Å². The third-order valence-corrected chi connectivity index (χ3v) is 4.83. The molecule has 0 atom stereocenters. The molecule has 5 nitrogen and oxygen atoms in total. The second-order valence-corrected chi connectivity index (χ2v) is 6.99. The number of imidazole rings is 1. The van der Waals surface area contributed by atoms with Gasteiger partial charge in [-0.2, -0.15) is 5.26 Å². The molecule has 0 bridgehead atoms. The predicted molar refractivity (Wildman–Crippen MR) is 118 cm³/mol. The molecule has 1 N–H and O–H groups in total. The first-order chi connectivity index (χ1) is 14.7. The van der Waals surface area contributed by atoms with E-state index in [-0.39, 0.29) is 0 Å². The summed E-state index contributed by atoms with van der Waals surface area (Å²) in [6, 6.07) is 23.2. The van der Waals surface area contributed by atoms with Crippen molar-refractivity contribution >= 4 is 34.3 Å². The van der Waals surface area contributed by atoms with Crippen molar-refractivity contribution < 1.29 is 9.47 Å². The van der Waals surface area contributed by atoms with Crippen LogP contribution in [0.2, 0.25) is 5.02 Å². The number of H-pyrrole nitrogens is 1. The minimum atomic E-state index is 0.370. The highest BCUT2D eigenvalue weighted by Crippen LogP contribution is 2.38. The number of aromatic nitrogens is 2. The minimum Gasteiger partial charge on any atom is -0.493 e.